The highest BCUT2D eigenvalue weighted by atomic mass is 32.2. The summed E-state index contributed by atoms with van der Waals surface area (Å²) < 4.78 is 27.8. The van der Waals surface area contributed by atoms with Gasteiger partial charge in [-0.05, 0) is 38.1 Å². The Morgan fingerprint density at radius 1 is 0.774 bits per heavy atom. The minimum atomic E-state index is -3.71. The zero-order valence-corrected chi connectivity index (χ0v) is 18.6. The second kappa shape index (κ2) is 10.6. The normalized spacial score (nSPS) is 13.3. The maximum atomic E-state index is 13.2. The number of nitrogens with zero attached hydrogens (tertiary/aromatic N) is 1. The van der Waals surface area contributed by atoms with Crippen LogP contribution in [-0.4, -0.2) is 25.8 Å². The first-order valence-electron chi connectivity index (χ1n) is 10.1. The molecule has 4 heteroatoms. The molecule has 0 fully saturated rings. The van der Waals surface area contributed by atoms with Gasteiger partial charge in [-0.25, -0.2) is 8.42 Å². The third-order valence-corrected chi connectivity index (χ3v) is 6.50. The fourth-order valence-corrected chi connectivity index (χ4v) is 4.11. The highest BCUT2D eigenvalue weighted by molar-refractivity contribution is 7.89. The highest BCUT2D eigenvalue weighted by Crippen LogP contribution is 2.16. The molecule has 0 aromatic heterocycles. The van der Waals surface area contributed by atoms with Gasteiger partial charge in [-0.15, -0.1) is 0 Å². The van der Waals surface area contributed by atoms with Crippen molar-refractivity contribution in [3.8, 4) is 23.7 Å². The van der Waals surface area contributed by atoms with Crippen LogP contribution in [0.1, 0.15) is 16.7 Å². The molecule has 31 heavy (non-hydrogen) atoms. The summed E-state index contributed by atoms with van der Waals surface area (Å²) in [6.45, 7) is 4.08. The van der Waals surface area contributed by atoms with Crippen molar-refractivity contribution >= 4 is 10.0 Å². The number of sulfonamides is 1. The van der Waals surface area contributed by atoms with E-state index in [4.69, 9.17) is 0 Å². The highest BCUT2D eigenvalue weighted by Gasteiger charge is 2.22. The van der Waals surface area contributed by atoms with E-state index >= 15 is 0 Å². The maximum absolute atomic E-state index is 13.2. The van der Waals surface area contributed by atoms with Gasteiger partial charge in [0.1, 0.15) is 0 Å². The summed E-state index contributed by atoms with van der Waals surface area (Å²) in [5.74, 6) is 12.1. The molecule has 3 nitrogen and oxygen atoms in total. The summed E-state index contributed by atoms with van der Waals surface area (Å²) in [7, 11) is -3.71. The number of allylic oxidation sites excluding steroid dienone is 6. The number of hydrogen-bond donors (Lipinski definition) is 0. The van der Waals surface area contributed by atoms with Gasteiger partial charge in [-0.2, -0.15) is 4.31 Å². The molecule has 1 aliphatic carbocycles. The van der Waals surface area contributed by atoms with E-state index in [0.29, 0.717) is 0 Å². The second-order valence-electron chi connectivity index (χ2n) is 7.26. The van der Waals surface area contributed by atoms with Crippen molar-refractivity contribution in [2.45, 2.75) is 18.7 Å². The van der Waals surface area contributed by atoms with E-state index in [-0.39, 0.29) is 23.9 Å². The van der Waals surface area contributed by atoms with Crippen LogP contribution in [0.25, 0.3) is 0 Å². The van der Waals surface area contributed by atoms with E-state index in [0.717, 1.165) is 16.7 Å². The van der Waals surface area contributed by atoms with E-state index in [1.54, 1.807) is 24.3 Å². The Balaban J connectivity index is 1.83. The first-order valence-corrected chi connectivity index (χ1v) is 11.5. The van der Waals surface area contributed by atoms with Crippen LogP contribution in [-0.2, 0) is 10.0 Å². The zero-order chi connectivity index (χ0) is 22.1. The molecule has 0 amide bonds. The summed E-state index contributed by atoms with van der Waals surface area (Å²) in [6.07, 6.45) is 11.7. The fraction of sp³-hybridized carbons (Fsp3) is 0.185. The molecule has 3 rings (SSSR count). The Bertz CT molecular complexity index is 1190. The number of benzene rings is 2. The van der Waals surface area contributed by atoms with E-state index in [1.807, 2.05) is 74.6 Å². The fourth-order valence-electron chi connectivity index (χ4n) is 2.86. The smallest absolute Gasteiger partial charge is 0.207 e. The van der Waals surface area contributed by atoms with Crippen LogP contribution < -0.4 is 0 Å². The molecule has 1 aliphatic rings. The van der Waals surface area contributed by atoms with E-state index < -0.39 is 10.0 Å². The van der Waals surface area contributed by atoms with Gasteiger partial charge < -0.3 is 0 Å². The second-order valence-corrected chi connectivity index (χ2v) is 9.19. The van der Waals surface area contributed by atoms with Crippen molar-refractivity contribution in [1.29, 1.82) is 0 Å². The predicted molar refractivity (Wildman–Crippen MR) is 127 cm³/mol. The summed E-state index contributed by atoms with van der Waals surface area (Å²) in [5, 5.41) is 0. The SMILES string of the molecule is Cc1ccc(C#CCN(CC#CC2C=CC=CC=C2)S(=O)(=O)c2ccc(C)cc2)cc1. The number of hydrogen-bond acceptors (Lipinski definition) is 2. The quantitative estimate of drug-likeness (QED) is 0.666. The Morgan fingerprint density at radius 2 is 1.32 bits per heavy atom. The third kappa shape index (κ3) is 6.59. The van der Waals surface area contributed by atoms with Gasteiger partial charge in [-0.3, -0.25) is 0 Å². The Hall–Kier alpha value is -3.31. The van der Waals surface area contributed by atoms with E-state index in [2.05, 4.69) is 23.7 Å². The molecule has 156 valence electrons. The summed E-state index contributed by atoms with van der Waals surface area (Å²) in [4.78, 5) is 0.246. The maximum Gasteiger partial charge on any atom is 0.244 e. The molecule has 0 spiro atoms. The molecule has 0 radical (unpaired) electrons. The molecule has 0 N–H and O–H groups in total. The number of rotatable bonds is 4. The topological polar surface area (TPSA) is 37.4 Å². The van der Waals surface area contributed by atoms with Crippen LogP contribution in [0.3, 0.4) is 0 Å². The first kappa shape index (κ1) is 22.4. The lowest BCUT2D eigenvalue weighted by Gasteiger charge is -2.17. The van der Waals surface area contributed by atoms with E-state index in [1.165, 1.54) is 4.31 Å². The van der Waals surface area contributed by atoms with Crippen LogP contribution >= 0.6 is 0 Å². The lowest BCUT2D eigenvalue weighted by Crippen LogP contribution is -2.32. The average Bonchev–Trinajstić information content (AvgIpc) is 3.03. The summed E-state index contributed by atoms with van der Waals surface area (Å²) in [6, 6.07) is 14.7. The standard InChI is InChI=1S/C27H25NO2S/c1-23-13-17-26(18-14-23)12-8-22-28(21-7-11-25-9-5-3-4-6-10-25)31(29,30)27-19-15-24(2)16-20-27/h3-6,9-10,13-20,25H,21-22H2,1-2H3. The van der Waals surface area contributed by atoms with Gasteiger partial charge in [0.2, 0.25) is 10.0 Å². The van der Waals surface area contributed by atoms with Gasteiger partial charge in [0.25, 0.3) is 0 Å². The van der Waals surface area contributed by atoms with Gasteiger partial charge >= 0.3 is 0 Å². The van der Waals surface area contributed by atoms with Crippen molar-refractivity contribution in [2.75, 3.05) is 13.1 Å². The average molecular weight is 428 g/mol. The molecule has 0 saturated carbocycles. The largest absolute Gasteiger partial charge is 0.244 e. The minimum Gasteiger partial charge on any atom is -0.207 e. The first-order chi connectivity index (χ1) is 14.9. The third-order valence-electron chi connectivity index (χ3n) is 4.69. The van der Waals surface area contributed by atoms with Crippen LogP contribution in [0.2, 0.25) is 0 Å². The van der Waals surface area contributed by atoms with Crippen molar-refractivity contribution in [2.24, 2.45) is 5.92 Å². The summed E-state index contributed by atoms with van der Waals surface area (Å²) >= 11 is 0. The van der Waals surface area contributed by atoms with Crippen molar-refractivity contribution in [3.63, 3.8) is 0 Å². The predicted octanol–water partition coefficient (Wildman–Crippen LogP) is 4.65. The van der Waals surface area contributed by atoms with Crippen LogP contribution in [0.5, 0.6) is 0 Å². The lowest BCUT2D eigenvalue weighted by molar-refractivity contribution is 0.482. The van der Waals surface area contributed by atoms with Gasteiger partial charge in [0, 0.05) is 5.56 Å². The zero-order valence-electron chi connectivity index (χ0n) is 17.7. The molecule has 0 unspecified atom stereocenters. The minimum absolute atomic E-state index is 0.0439. The monoisotopic (exact) mass is 427 g/mol. The Morgan fingerprint density at radius 3 is 1.94 bits per heavy atom. The van der Waals surface area contributed by atoms with E-state index in [9.17, 15) is 8.42 Å². The molecule has 2 aromatic rings. The van der Waals surface area contributed by atoms with Crippen molar-refractivity contribution < 1.29 is 8.42 Å². The van der Waals surface area contributed by atoms with Gasteiger partial charge in [0.05, 0.1) is 23.9 Å². The lowest BCUT2D eigenvalue weighted by atomic mass is 10.1. The van der Waals surface area contributed by atoms with Crippen molar-refractivity contribution in [3.05, 3.63) is 102 Å². The molecule has 0 aliphatic heterocycles. The molecule has 0 saturated heterocycles. The molecule has 0 bridgehead atoms. The molecular formula is C27H25NO2S. The number of aryl methyl sites for hydroxylation is 2. The van der Waals surface area contributed by atoms with Crippen LogP contribution in [0.15, 0.2) is 89.9 Å². The van der Waals surface area contributed by atoms with Gasteiger partial charge in [0.15, 0.2) is 0 Å². The van der Waals surface area contributed by atoms with Crippen LogP contribution in [0, 0.1) is 43.4 Å². The van der Waals surface area contributed by atoms with Gasteiger partial charge in [-0.1, -0.05) is 95.5 Å². The molecule has 0 heterocycles. The molecule has 0 atom stereocenters. The Labute approximate surface area is 185 Å². The Kier molecular flexibility index (Phi) is 7.68. The molecule has 2 aromatic carbocycles. The summed E-state index contributed by atoms with van der Waals surface area (Å²) in [5.41, 5.74) is 3.01. The van der Waals surface area contributed by atoms with Crippen LogP contribution in [0.4, 0.5) is 0 Å². The molecular weight excluding hydrogens is 402 g/mol. The van der Waals surface area contributed by atoms with Crippen molar-refractivity contribution in [1.82, 2.24) is 4.31 Å².